The number of non-ortho nitro benzene ring substituents is 1. The SMILES string of the molecule is O=[N+]([O-])c1ccc(CNCc2ncon2)cc1. The molecule has 0 aliphatic heterocycles. The normalized spacial score (nSPS) is 10.4. The third-order valence-electron chi connectivity index (χ3n) is 2.17. The smallest absolute Gasteiger partial charge is 0.269 e. The first kappa shape index (κ1) is 11.2. The van der Waals surface area contributed by atoms with Gasteiger partial charge in [-0.2, -0.15) is 4.98 Å². The van der Waals surface area contributed by atoms with Crippen molar-refractivity contribution >= 4 is 5.69 Å². The molecular weight excluding hydrogens is 224 g/mol. The molecule has 7 nitrogen and oxygen atoms in total. The summed E-state index contributed by atoms with van der Waals surface area (Å²) in [5.41, 5.74) is 1.05. The predicted octanol–water partition coefficient (Wildman–Crippen LogP) is 1.27. The average molecular weight is 234 g/mol. The number of hydrogen-bond donors (Lipinski definition) is 1. The highest BCUT2D eigenvalue weighted by molar-refractivity contribution is 5.32. The number of aromatic nitrogens is 2. The Bertz CT molecular complexity index is 481. The van der Waals surface area contributed by atoms with Crippen molar-refractivity contribution in [2.75, 3.05) is 0 Å². The minimum Gasteiger partial charge on any atom is -0.343 e. The van der Waals surface area contributed by atoms with Gasteiger partial charge in [0, 0.05) is 18.7 Å². The Hall–Kier alpha value is -2.28. The molecule has 0 radical (unpaired) electrons. The Morgan fingerprint density at radius 1 is 1.29 bits per heavy atom. The number of rotatable bonds is 5. The van der Waals surface area contributed by atoms with Crippen LogP contribution in [0, 0.1) is 10.1 Å². The van der Waals surface area contributed by atoms with Crippen molar-refractivity contribution in [1.82, 2.24) is 15.5 Å². The van der Waals surface area contributed by atoms with Crippen LogP contribution in [0.15, 0.2) is 35.2 Å². The molecule has 1 aromatic heterocycles. The molecule has 0 unspecified atom stereocenters. The van der Waals surface area contributed by atoms with E-state index in [1.165, 1.54) is 18.5 Å². The van der Waals surface area contributed by atoms with Crippen LogP contribution < -0.4 is 5.32 Å². The van der Waals surface area contributed by atoms with Gasteiger partial charge in [-0.3, -0.25) is 10.1 Å². The molecule has 0 aliphatic carbocycles. The molecule has 7 heteroatoms. The highest BCUT2D eigenvalue weighted by Gasteiger charge is 2.03. The largest absolute Gasteiger partial charge is 0.343 e. The van der Waals surface area contributed by atoms with Crippen LogP contribution in [0.5, 0.6) is 0 Å². The fourth-order valence-corrected chi connectivity index (χ4v) is 1.32. The number of nitrogens with one attached hydrogen (secondary N) is 1. The lowest BCUT2D eigenvalue weighted by Crippen LogP contribution is -2.13. The van der Waals surface area contributed by atoms with Crippen molar-refractivity contribution in [3.63, 3.8) is 0 Å². The summed E-state index contributed by atoms with van der Waals surface area (Å²) in [6.45, 7) is 1.08. The van der Waals surface area contributed by atoms with Crippen molar-refractivity contribution in [1.29, 1.82) is 0 Å². The number of benzene rings is 1. The lowest BCUT2D eigenvalue weighted by atomic mass is 10.2. The summed E-state index contributed by atoms with van der Waals surface area (Å²) in [6.07, 6.45) is 1.27. The van der Waals surface area contributed by atoms with Crippen LogP contribution in [0.2, 0.25) is 0 Å². The zero-order valence-electron chi connectivity index (χ0n) is 8.87. The third kappa shape index (κ3) is 3.08. The van der Waals surface area contributed by atoms with Crippen molar-refractivity contribution in [2.45, 2.75) is 13.1 Å². The van der Waals surface area contributed by atoms with E-state index >= 15 is 0 Å². The van der Waals surface area contributed by atoms with E-state index in [9.17, 15) is 10.1 Å². The second-order valence-corrected chi connectivity index (χ2v) is 3.37. The van der Waals surface area contributed by atoms with Gasteiger partial charge in [0.15, 0.2) is 5.82 Å². The number of nitrogens with zero attached hydrogens (tertiary/aromatic N) is 3. The van der Waals surface area contributed by atoms with E-state index in [0.717, 1.165) is 5.56 Å². The van der Waals surface area contributed by atoms with E-state index in [4.69, 9.17) is 0 Å². The standard InChI is InChI=1S/C10H10N4O3/c15-14(16)9-3-1-8(2-4-9)5-11-6-10-12-7-17-13-10/h1-4,7,11H,5-6H2. The fourth-order valence-electron chi connectivity index (χ4n) is 1.32. The molecule has 0 fully saturated rings. The van der Waals surface area contributed by atoms with Crippen LogP contribution in [-0.2, 0) is 13.1 Å². The van der Waals surface area contributed by atoms with Crippen LogP contribution in [0.25, 0.3) is 0 Å². The lowest BCUT2D eigenvalue weighted by molar-refractivity contribution is -0.384. The minimum atomic E-state index is -0.420. The summed E-state index contributed by atoms with van der Waals surface area (Å²) in [4.78, 5) is 13.9. The summed E-state index contributed by atoms with van der Waals surface area (Å²) < 4.78 is 4.58. The first-order chi connectivity index (χ1) is 8.25. The van der Waals surface area contributed by atoms with E-state index in [2.05, 4.69) is 20.0 Å². The van der Waals surface area contributed by atoms with Gasteiger partial charge in [0.2, 0.25) is 6.39 Å². The summed E-state index contributed by atoms with van der Waals surface area (Å²) in [6, 6.07) is 6.37. The van der Waals surface area contributed by atoms with Gasteiger partial charge in [-0.15, -0.1) is 0 Å². The van der Waals surface area contributed by atoms with Gasteiger partial charge in [-0.05, 0) is 5.56 Å². The van der Waals surface area contributed by atoms with E-state index in [0.29, 0.717) is 18.9 Å². The fraction of sp³-hybridized carbons (Fsp3) is 0.200. The van der Waals surface area contributed by atoms with Crippen molar-refractivity contribution < 1.29 is 9.45 Å². The summed E-state index contributed by atoms with van der Waals surface area (Å²) in [5.74, 6) is 0.576. The maximum Gasteiger partial charge on any atom is 0.269 e. The quantitative estimate of drug-likeness (QED) is 0.618. The van der Waals surface area contributed by atoms with Gasteiger partial charge in [0.05, 0.1) is 11.5 Å². The average Bonchev–Trinajstić information content (AvgIpc) is 2.83. The van der Waals surface area contributed by atoms with E-state index < -0.39 is 4.92 Å². The monoisotopic (exact) mass is 234 g/mol. The van der Waals surface area contributed by atoms with Gasteiger partial charge in [-0.25, -0.2) is 0 Å². The molecule has 0 atom stereocenters. The van der Waals surface area contributed by atoms with Crippen molar-refractivity contribution in [2.24, 2.45) is 0 Å². The molecule has 17 heavy (non-hydrogen) atoms. The zero-order chi connectivity index (χ0) is 12.1. The van der Waals surface area contributed by atoms with Gasteiger partial charge < -0.3 is 9.84 Å². The van der Waals surface area contributed by atoms with E-state index in [1.807, 2.05) is 0 Å². The summed E-state index contributed by atoms with van der Waals surface area (Å²) in [7, 11) is 0. The van der Waals surface area contributed by atoms with Gasteiger partial charge in [0.25, 0.3) is 5.69 Å². The molecule has 0 spiro atoms. The van der Waals surface area contributed by atoms with Crippen LogP contribution in [0.1, 0.15) is 11.4 Å². The molecule has 1 N–H and O–H groups in total. The molecule has 0 amide bonds. The zero-order valence-corrected chi connectivity index (χ0v) is 8.87. The highest BCUT2D eigenvalue weighted by atomic mass is 16.6. The van der Waals surface area contributed by atoms with Gasteiger partial charge in [-0.1, -0.05) is 17.3 Å². The molecule has 0 saturated heterocycles. The highest BCUT2D eigenvalue weighted by Crippen LogP contribution is 2.11. The van der Waals surface area contributed by atoms with Crippen LogP contribution >= 0.6 is 0 Å². The number of hydrogen-bond acceptors (Lipinski definition) is 6. The topological polar surface area (TPSA) is 94.1 Å². The Kier molecular flexibility index (Phi) is 3.41. The maximum absolute atomic E-state index is 10.4. The molecule has 0 aliphatic rings. The van der Waals surface area contributed by atoms with Crippen LogP contribution in [0.4, 0.5) is 5.69 Å². The molecule has 1 heterocycles. The molecule has 2 rings (SSSR count). The number of nitro groups is 1. The maximum atomic E-state index is 10.4. The second kappa shape index (κ2) is 5.17. The molecule has 1 aromatic carbocycles. The van der Waals surface area contributed by atoms with Crippen molar-refractivity contribution in [3.05, 3.63) is 52.2 Å². The van der Waals surface area contributed by atoms with Gasteiger partial charge >= 0.3 is 0 Å². The summed E-state index contributed by atoms with van der Waals surface area (Å²) >= 11 is 0. The van der Waals surface area contributed by atoms with Crippen LogP contribution in [-0.4, -0.2) is 15.1 Å². The molecule has 0 bridgehead atoms. The van der Waals surface area contributed by atoms with Gasteiger partial charge in [0.1, 0.15) is 0 Å². The Morgan fingerprint density at radius 2 is 2.06 bits per heavy atom. The van der Waals surface area contributed by atoms with E-state index in [1.54, 1.807) is 12.1 Å². The van der Waals surface area contributed by atoms with Crippen LogP contribution in [0.3, 0.4) is 0 Å². The third-order valence-corrected chi connectivity index (χ3v) is 2.17. The second-order valence-electron chi connectivity index (χ2n) is 3.37. The van der Waals surface area contributed by atoms with Crippen molar-refractivity contribution in [3.8, 4) is 0 Å². The molecule has 0 saturated carbocycles. The minimum absolute atomic E-state index is 0.0897. The lowest BCUT2D eigenvalue weighted by Gasteiger charge is -2.01. The Morgan fingerprint density at radius 3 is 2.65 bits per heavy atom. The molecule has 2 aromatic rings. The van der Waals surface area contributed by atoms with E-state index in [-0.39, 0.29) is 5.69 Å². The first-order valence-corrected chi connectivity index (χ1v) is 4.95. The summed E-state index contributed by atoms with van der Waals surface area (Å²) in [5, 5.41) is 17.2. The Labute approximate surface area is 96.6 Å². The Balaban J connectivity index is 1.85. The molecular formula is C10H10N4O3. The predicted molar refractivity (Wildman–Crippen MR) is 57.9 cm³/mol. The first-order valence-electron chi connectivity index (χ1n) is 4.95. The molecule has 88 valence electrons. The number of nitro benzene ring substituents is 1.